The maximum Gasteiger partial charge on any atom is 0.128 e. The summed E-state index contributed by atoms with van der Waals surface area (Å²) in [5.74, 6) is 1.98. The van der Waals surface area contributed by atoms with Crippen molar-refractivity contribution >= 4 is 5.82 Å². The first-order valence-electron chi connectivity index (χ1n) is 6.67. The van der Waals surface area contributed by atoms with Crippen LogP contribution in [0.1, 0.15) is 44.7 Å². The maximum absolute atomic E-state index is 5.92. The maximum atomic E-state index is 5.92. The Kier molecular flexibility index (Phi) is 4.00. The van der Waals surface area contributed by atoms with Crippen molar-refractivity contribution in [3.63, 3.8) is 0 Å². The van der Waals surface area contributed by atoms with Crippen LogP contribution in [0, 0.1) is 5.92 Å². The number of nitrogens with zero attached hydrogens (tertiary/aromatic N) is 2. The second-order valence-corrected chi connectivity index (χ2v) is 5.13. The molecule has 17 heavy (non-hydrogen) atoms. The minimum Gasteiger partial charge on any atom is -0.356 e. The van der Waals surface area contributed by atoms with Gasteiger partial charge in [-0.15, -0.1) is 0 Å². The normalized spacial score (nSPS) is 16.9. The lowest BCUT2D eigenvalue weighted by Crippen LogP contribution is -2.27. The summed E-state index contributed by atoms with van der Waals surface area (Å²) in [5.41, 5.74) is 7.10. The number of aromatic nitrogens is 1. The third kappa shape index (κ3) is 3.43. The molecule has 1 fully saturated rings. The molecule has 1 atom stereocenters. The average molecular weight is 233 g/mol. The number of hydrogen-bond donors (Lipinski definition) is 1. The van der Waals surface area contributed by atoms with Gasteiger partial charge in [-0.05, 0) is 49.8 Å². The summed E-state index contributed by atoms with van der Waals surface area (Å²) in [7, 11) is 0. The Hall–Kier alpha value is -1.09. The van der Waals surface area contributed by atoms with Crippen molar-refractivity contribution in [3.05, 3.63) is 23.9 Å². The topological polar surface area (TPSA) is 42.1 Å². The third-order valence-corrected chi connectivity index (χ3v) is 3.29. The SMILES string of the molecule is CCCN(CC1CC1)c1cc(C(C)N)ccn1. The molecule has 0 amide bonds. The lowest BCUT2D eigenvalue weighted by molar-refractivity contribution is 0.697. The molecule has 2 rings (SSSR count). The molecule has 0 radical (unpaired) electrons. The van der Waals surface area contributed by atoms with Crippen LogP contribution in [0.3, 0.4) is 0 Å². The van der Waals surface area contributed by atoms with Gasteiger partial charge < -0.3 is 10.6 Å². The van der Waals surface area contributed by atoms with E-state index in [1.54, 1.807) is 0 Å². The van der Waals surface area contributed by atoms with Gasteiger partial charge >= 0.3 is 0 Å². The van der Waals surface area contributed by atoms with E-state index in [4.69, 9.17) is 5.73 Å². The molecule has 94 valence electrons. The van der Waals surface area contributed by atoms with Gasteiger partial charge in [-0.3, -0.25) is 0 Å². The highest BCUT2D eigenvalue weighted by Gasteiger charge is 2.24. The van der Waals surface area contributed by atoms with Gasteiger partial charge in [0.25, 0.3) is 0 Å². The molecule has 3 heteroatoms. The number of pyridine rings is 1. The van der Waals surface area contributed by atoms with E-state index in [2.05, 4.69) is 22.9 Å². The van der Waals surface area contributed by atoms with Crippen molar-refractivity contribution < 1.29 is 0 Å². The molecule has 3 nitrogen and oxygen atoms in total. The predicted octanol–water partition coefficient (Wildman–Crippen LogP) is 2.73. The van der Waals surface area contributed by atoms with E-state index in [-0.39, 0.29) is 6.04 Å². The van der Waals surface area contributed by atoms with Crippen LogP contribution in [0.5, 0.6) is 0 Å². The summed E-state index contributed by atoms with van der Waals surface area (Å²) in [6, 6.07) is 4.24. The van der Waals surface area contributed by atoms with Gasteiger partial charge in [0, 0.05) is 25.3 Å². The summed E-state index contributed by atoms with van der Waals surface area (Å²) in [6.07, 6.45) is 5.81. The van der Waals surface area contributed by atoms with E-state index in [9.17, 15) is 0 Å². The molecule has 1 aliphatic carbocycles. The molecule has 1 aromatic rings. The van der Waals surface area contributed by atoms with Crippen molar-refractivity contribution in [1.29, 1.82) is 0 Å². The van der Waals surface area contributed by atoms with E-state index in [1.807, 2.05) is 19.2 Å². The van der Waals surface area contributed by atoms with Crippen LogP contribution < -0.4 is 10.6 Å². The molecule has 0 bridgehead atoms. The third-order valence-electron chi connectivity index (χ3n) is 3.29. The van der Waals surface area contributed by atoms with Gasteiger partial charge in [-0.25, -0.2) is 4.98 Å². The van der Waals surface area contributed by atoms with Gasteiger partial charge in [0.2, 0.25) is 0 Å². The smallest absolute Gasteiger partial charge is 0.128 e. The van der Waals surface area contributed by atoms with Crippen molar-refractivity contribution in [1.82, 2.24) is 4.98 Å². The molecule has 1 aliphatic rings. The summed E-state index contributed by atoms with van der Waals surface area (Å²) < 4.78 is 0. The predicted molar refractivity (Wildman–Crippen MR) is 72.1 cm³/mol. The zero-order valence-corrected chi connectivity index (χ0v) is 10.9. The Morgan fingerprint density at radius 2 is 2.29 bits per heavy atom. The Morgan fingerprint density at radius 3 is 2.88 bits per heavy atom. The molecule has 2 N–H and O–H groups in total. The molecule has 1 saturated carbocycles. The van der Waals surface area contributed by atoms with Crippen LogP contribution in [-0.4, -0.2) is 18.1 Å². The fourth-order valence-electron chi connectivity index (χ4n) is 2.07. The summed E-state index contributed by atoms with van der Waals surface area (Å²) in [6.45, 7) is 6.48. The number of anilines is 1. The highest BCUT2D eigenvalue weighted by atomic mass is 15.2. The van der Waals surface area contributed by atoms with Crippen molar-refractivity contribution in [2.45, 2.75) is 39.2 Å². The zero-order valence-electron chi connectivity index (χ0n) is 10.9. The standard InChI is InChI=1S/C14H23N3/c1-3-8-17(10-12-4-5-12)14-9-13(11(2)15)6-7-16-14/h6-7,9,11-12H,3-5,8,10,15H2,1-2H3. The molecule has 1 unspecified atom stereocenters. The van der Waals surface area contributed by atoms with Crippen LogP contribution in [0.25, 0.3) is 0 Å². The molecular formula is C14H23N3. The second-order valence-electron chi connectivity index (χ2n) is 5.13. The van der Waals surface area contributed by atoms with E-state index in [0.717, 1.165) is 31.2 Å². The van der Waals surface area contributed by atoms with Crippen LogP contribution >= 0.6 is 0 Å². The Labute approximate surface area is 104 Å². The fraction of sp³-hybridized carbons (Fsp3) is 0.643. The van der Waals surface area contributed by atoms with E-state index >= 15 is 0 Å². The lowest BCUT2D eigenvalue weighted by Gasteiger charge is -2.24. The number of rotatable bonds is 6. The van der Waals surface area contributed by atoms with Crippen LogP contribution in [0.2, 0.25) is 0 Å². The number of hydrogen-bond acceptors (Lipinski definition) is 3. The molecule has 0 aliphatic heterocycles. The lowest BCUT2D eigenvalue weighted by atomic mass is 10.1. The summed E-state index contributed by atoms with van der Waals surface area (Å²) >= 11 is 0. The second kappa shape index (κ2) is 5.50. The van der Waals surface area contributed by atoms with Gasteiger partial charge in [0.05, 0.1) is 0 Å². The molecule has 0 spiro atoms. The Bertz CT molecular complexity index is 358. The van der Waals surface area contributed by atoms with Crippen LogP contribution in [0.15, 0.2) is 18.3 Å². The van der Waals surface area contributed by atoms with Gasteiger partial charge in [-0.2, -0.15) is 0 Å². The van der Waals surface area contributed by atoms with Gasteiger partial charge in [0.15, 0.2) is 0 Å². The molecule has 1 heterocycles. The average Bonchev–Trinajstić information content (AvgIpc) is 3.12. The molecule has 1 aromatic heterocycles. The first-order valence-corrected chi connectivity index (χ1v) is 6.67. The monoisotopic (exact) mass is 233 g/mol. The molecule has 0 saturated heterocycles. The van der Waals surface area contributed by atoms with Crippen molar-refractivity contribution in [2.75, 3.05) is 18.0 Å². The van der Waals surface area contributed by atoms with E-state index in [0.29, 0.717) is 0 Å². The Balaban J connectivity index is 2.12. The zero-order chi connectivity index (χ0) is 12.3. The molecular weight excluding hydrogens is 210 g/mol. The first-order chi connectivity index (χ1) is 8.20. The minimum atomic E-state index is 0.0844. The first kappa shape index (κ1) is 12.4. The highest BCUT2D eigenvalue weighted by Crippen LogP contribution is 2.31. The number of nitrogens with two attached hydrogens (primary N) is 1. The van der Waals surface area contributed by atoms with Crippen LogP contribution in [0.4, 0.5) is 5.82 Å². The Morgan fingerprint density at radius 1 is 1.53 bits per heavy atom. The fourth-order valence-corrected chi connectivity index (χ4v) is 2.07. The van der Waals surface area contributed by atoms with Crippen LogP contribution in [-0.2, 0) is 0 Å². The van der Waals surface area contributed by atoms with E-state index < -0.39 is 0 Å². The van der Waals surface area contributed by atoms with Crippen molar-refractivity contribution in [3.8, 4) is 0 Å². The highest BCUT2D eigenvalue weighted by molar-refractivity contribution is 5.42. The summed E-state index contributed by atoms with van der Waals surface area (Å²) in [5, 5.41) is 0. The van der Waals surface area contributed by atoms with Gasteiger partial charge in [0.1, 0.15) is 5.82 Å². The largest absolute Gasteiger partial charge is 0.356 e. The summed E-state index contributed by atoms with van der Waals surface area (Å²) in [4.78, 5) is 6.90. The van der Waals surface area contributed by atoms with E-state index in [1.165, 1.54) is 18.4 Å². The quantitative estimate of drug-likeness (QED) is 0.821. The molecule has 0 aromatic carbocycles. The van der Waals surface area contributed by atoms with Crippen molar-refractivity contribution in [2.24, 2.45) is 11.7 Å². The van der Waals surface area contributed by atoms with Gasteiger partial charge in [-0.1, -0.05) is 6.92 Å². The minimum absolute atomic E-state index is 0.0844.